The number of nitrogens with zero attached hydrogens (tertiary/aromatic N) is 2. The fourth-order valence-corrected chi connectivity index (χ4v) is 2.85. The van der Waals surface area contributed by atoms with Crippen molar-refractivity contribution in [3.8, 4) is 0 Å². The fourth-order valence-electron chi connectivity index (χ4n) is 2.85. The molecule has 1 fully saturated rings. The van der Waals surface area contributed by atoms with Crippen molar-refractivity contribution < 1.29 is 0 Å². The number of nitrogens with two attached hydrogens (primary N) is 1. The third kappa shape index (κ3) is 2.70. The molecule has 0 unspecified atom stereocenters. The summed E-state index contributed by atoms with van der Waals surface area (Å²) in [6.45, 7) is 4.22. The molecule has 4 nitrogen and oxygen atoms in total. The Bertz CT molecular complexity index is 567. The predicted molar refractivity (Wildman–Crippen MR) is 82.0 cm³/mol. The number of aromatic nitrogens is 2. The molecule has 0 atom stereocenters. The maximum absolute atomic E-state index is 5.98. The van der Waals surface area contributed by atoms with Gasteiger partial charge in [-0.1, -0.05) is 24.3 Å². The van der Waals surface area contributed by atoms with E-state index in [4.69, 9.17) is 5.73 Å². The largest absolute Gasteiger partial charge is 0.369 e. The SMILES string of the molecule is Cc1ccccc1Cc1[nH]ncc1N1CCC(N)CC1. The van der Waals surface area contributed by atoms with E-state index in [2.05, 4.69) is 46.3 Å². The first-order valence-electron chi connectivity index (χ1n) is 7.31. The van der Waals surface area contributed by atoms with Gasteiger partial charge in [0, 0.05) is 25.6 Å². The van der Waals surface area contributed by atoms with Crippen LogP contribution < -0.4 is 10.6 Å². The highest BCUT2D eigenvalue weighted by Gasteiger charge is 2.20. The predicted octanol–water partition coefficient (Wildman–Crippen LogP) is 2.24. The molecule has 1 saturated heterocycles. The van der Waals surface area contributed by atoms with Crippen molar-refractivity contribution >= 4 is 5.69 Å². The molecule has 0 bridgehead atoms. The summed E-state index contributed by atoms with van der Waals surface area (Å²) in [5, 5.41) is 7.41. The first-order valence-corrected chi connectivity index (χ1v) is 7.31. The third-order valence-corrected chi connectivity index (χ3v) is 4.20. The Morgan fingerprint density at radius 2 is 2.05 bits per heavy atom. The second kappa shape index (κ2) is 5.67. The van der Waals surface area contributed by atoms with Gasteiger partial charge >= 0.3 is 0 Å². The number of aromatic amines is 1. The molecule has 2 heterocycles. The average Bonchev–Trinajstić information content (AvgIpc) is 2.90. The number of hydrogen-bond donors (Lipinski definition) is 2. The van der Waals surface area contributed by atoms with E-state index in [0.717, 1.165) is 32.4 Å². The lowest BCUT2D eigenvalue weighted by molar-refractivity contribution is 0.500. The summed E-state index contributed by atoms with van der Waals surface area (Å²) in [4.78, 5) is 2.40. The molecule has 1 aromatic carbocycles. The lowest BCUT2D eigenvalue weighted by Crippen LogP contribution is -2.39. The van der Waals surface area contributed by atoms with E-state index < -0.39 is 0 Å². The highest BCUT2D eigenvalue weighted by atomic mass is 15.2. The minimum atomic E-state index is 0.359. The number of benzene rings is 1. The maximum atomic E-state index is 5.98. The highest BCUT2D eigenvalue weighted by Crippen LogP contribution is 2.24. The highest BCUT2D eigenvalue weighted by molar-refractivity contribution is 5.51. The Balaban J connectivity index is 1.79. The Kier molecular flexibility index (Phi) is 3.74. The number of hydrogen-bond acceptors (Lipinski definition) is 3. The Morgan fingerprint density at radius 3 is 2.80 bits per heavy atom. The van der Waals surface area contributed by atoms with Gasteiger partial charge in [-0.3, -0.25) is 5.10 Å². The molecule has 1 aliphatic heterocycles. The van der Waals surface area contributed by atoms with Crippen molar-refractivity contribution in [1.82, 2.24) is 10.2 Å². The van der Waals surface area contributed by atoms with E-state index in [1.54, 1.807) is 0 Å². The van der Waals surface area contributed by atoms with Gasteiger partial charge in [0.2, 0.25) is 0 Å². The summed E-state index contributed by atoms with van der Waals surface area (Å²) in [6, 6.07) is 8.88. The molecule has 20 heavy (non-hydrogen) atoms. The molecule has 0 saturated carbocycles. The van der Waals surface area contributed by atoms with Gasteiger partial charge in [-0.05, 0) is 30.9 Å². The van der Waals surface area contributed by atoms with Crippen LogP contribution in [0.15, 0.2) is 30.5 Å². The van der Waals surface area contributed by atoms with Crippen molar-refractivity contribution in [2.24, 2.45) is 5.73 Å². The number of nitrogens with one attached hydrogen (secondary N) is 1. The molecule has 0 radical (unpaired) electrons. The van der Waals surface area contributed by atoms with E-state index in [9.17, 15) is 0 Å². The zero-order valence-electron chi connectivity index (χ0n) is 12.0. The van der Waals surface area contributed by atoms with Gasteiger partial charge in [0.15, 0.2) is 0 Å². The quantitative estimate of drug-likeness (QED) is 0.899. The molecule has 106 valence electrons. The van der Waals surface area contributed by atoms with Crippen molar-refractivity contribution in [2.75, 3.05) is 18.0 Å². The number of piperidine rings is 1. The molecule has 1 aliphatic rings. The molecule has 0 spiro atoms. The lowest BCUT2D eigenvalue weighted by Gasteiger charge is -2.31. The Labute approximate surface area is 120 Å². The van der Waals surface area contributed by atoms with Crippen LogP contribution in [0.5, 0.6) is 0 Å². The van der Waals surface area contributed by atoms with Gasteiger partial charge in [0.25, 0.3) is 0 Å². The molecule has 0 amide bonds. The first-order chi connectivity index (χ1) is 9.74. The summed E-state index contributed by atoms with van der Waals surface area (Å²) >= 11 is 0. The molecular weight excluding hydrogens is 248 g/mol. The molecule has 3 N–H and O–H groups in total. The molecule has 4 heteroatoms. The lowest BCUT2D eigenvalue weighted by atomic mass is 10.0. The Morgan fingerprint density at radius 1 is 1.30 bits per heavy atom. The summed E-state index contributed by atoms with van der Waals surface area (Å²) in [5.41, 5.74) is 11.1. The monoisotopic (exact) mass is 270 g/mol. The van der Waals surface area contributed by atoms with Crippen LogP contribution in [0.3, 0.4) is 0 Å². The van der Waals surface area contributed by atoms with Crippen molar-refractivity contribution in [3.63, 3.8) is 0 Å². The zero-order chi connectivity index (χ0) is 13.9. The van der Waals surface area contributed by atoms with Gasteiger partial charge in [-0.25, -0.2) is 0 Å². The van der Waals surface area contributed by atoms with E-state index in [0.29, 0.717) is 6.04 Å². The summed E-state index contributed by atoms with van der Waals surface area (Å²) < 4.78 is 0. The number of rotatable bonds is 3. The molecule has 1 aromatic heterocycles. The second-order valence-electron chi connectivity index (χ2n) is 5.66. The van der Waals surface area contributed by atoms with Gasteiger partial charge in [-0.2, -0.15) is 5.10 Å². The molecule has 0 aliphatic carbocycles. The number of H-pyrrole nitrogens is 1. The van der Waals surface area contributed by atoms with Crippen LogP contribution in [-0.4, -0.2) is 29.3 Å². The van der Waals surface area contributed by atoms with Crippen molar-refractivity contribution in [3.05, 3.63) is 47.3 Å². The number of aryl methyl sites for hydroxylation is 1. The van der Waals surface area contributed by atoms with Crippen LogP contribution in [0.25, 0.3) is 0 Å². The minimum Gasteiger partial charge on any atom is -0.369 e. The average molecular weight is 270 g/mol. The summed E-state index contributed by atoms with van der Waals surface area (Å²) in [5.74, 6) is 0. The molecule has 2 aromatic rings. The van der Waals surface area contributed by atoms with Crippen LogP contribution in [0.1, 0.15) is 29.7 Å². The van der Waals surface area contributed by atoms with Gasteiger partial charge in [0.1, 0.15) is 0 Å². The normalized spacial score (nSPS) is 16.6. The minimum absolute atomic E-state index is 0.359. The van der Waals surface area contributed by atoms with Gasteiger partial charge in [0.05, 0.1) is 17.6 Å². The van der Waals surface area contributed by atoms with Crippen LogP contribution >= 0.6 is 0 Å². The van der Waals surface area contributed by atoms with Crippen molar-refractivity contribution in [2.45, 2.75) is 32.2 Å². The van der Waals surface area contributed by atoms with Gasteiger partial charge in [-0.15, -0.1) is 0 Å². The van der Waals surface area contributed by atoms with E-state index in [-0.39, 0.29) is 0 Å². The van der Waals surface area contributed by atoms with Crippen LogP contribution in [0, 0.1) is 6.92 Å². The maximum Gasteiger partial charge on any atom is 0.0785 e. The van der Waals surface area contributed by atoms with Crippen LogP contribution in [0.4, 0.5) is 5.69 Å². The first kappa shape index (κ1) is 13.2. The van der Waals surface area contributed by atoms with E-state index in [1.807, 2.05) is 6.20 Å². The topological polar surface area (TPSA) is 57.9 Å². The third-order valence-electron chi connectivity index (χ3n) is 4.20. The molecular formula is C16H22N4. The smallest absolute Gasteiger partial charge is 0.0785 e. The summed E-state index contributed by atoms with van der Waals surface area (Å²) in [6.07, 6.45) is 4.99. The second-order valence-corrected chi connectivity index (χ2v) is 5.66. The van der Waals surface area contributed by atoms with Gasteiger partial charge < -0.3 is 10.6 Å². The van der Waals surface area contributed by atoms with Crippen LogP contribution in [-0.2, 0) is 6.42 Å². The van der Waals surface area contributed by atoms with Crippen LogP contribution in [0.2, 0.25) is 0 Å². The van der Waals surface area contributed by atoms with E-state index in [1.165, 1.54) is 22.5 Å². The standard InChI is InChI=1S/C16H22N4/c1-12-4-2-3-5-13(12)10-15-16(11-18-19-15)20-8-6-14(17)7-9-20/h2-5,11,14H,6-10,17H2,1H3,(H,18,19). The fraction of sp³-hybridized carbons (Fsp3) is 0.438. The van der Waals surface area contributed by atoms with Crippen molar-refractivity contribution in [1.29, 1.82) is 0 Å². The molecule has 3 rings (SSSR count). The summed E-state index contributed by atoms with van der Waals surface area (Å²) in [7, 11) is 0. The van der Waals surface area contributed by atoms with E-state index >= 15 is 0 Å². The zero-order valence-corrected chi connectivity index (χ0v) is 12.0. The number of anilines is 1. The Hall–Kier alpha value is -1.81.